The first kappa shape index (κ1) is 15.5. The predicted molar refractivity (Wildman–Crippen MR) is 83.9 cm³/mol. The Morgan fingerprint density at radius 2 is 1.59 bits per heavy atom. The third-order valence-electron chi connectivity index (χ3n) is 3.26. The van der Waals surface area contributed by atoms with Crippen molar-refractivity contribution < 1.29 is 9.59 Å². The molecule has 0 bridgehead atoms. The highest BCUT2D eigenvalue weighted by atomic mass is 16.2. The van der Waals surface area contributed by atoms with Gasteiger partial charge in [0, 0.05) is 12.1 Å². The Kier molecular flexibility index (Phi) is 5.44. The molecule has 0 saturated heterocycles. The molecule has 0 unspecified atom stereocenters. The summed E-state index contributed by atoms with van der Waals surface area (Å²) >= 11 is 0. The maximum absolute atomic E-state index is 12.1. The van der Waals surface area contributed by atoms with Crippen LogP contribution in [0.5, 0.6) is 0 Å². The quantitative estimate of drug-likeness (QED) is 0.832. The van der Waals surface area contributed by atoms with Gasteiger partial charge in [-0.3, -0.25) is 9.59 Å². The lowest BCUT2D eigenvalue weighted by Gasteiger charge is -2.09. The topological polar surface area (TPSA) is 70.0 Å². The van der Waals surface area contributed by atoms with Crippen LogP contribution in [-0.4, -0.2) is 11.7 Å². The molecule has 1 amide bonds. The molecule has 0 spiro atoms. The molecule has 0 aliphatic rings. The summed E-state index contributed by atoms with van der Waals surface area (Å²) in [7, 11) is 0. The van der Waals surface area contributed by atoms with Gasteiger partial charge in [-0.05, 0) is 24.1 Å². The van der Waals surface area contributed by atoms with E-state index in [1.54, 1.807) is 30.3 Å². The number of rotatable bonds is 6. The van der Waals surface area contributed by atoms with Crippen LogP contribution in [-0.2, 0) is 16.0 Å². The van der Waals surface area contributed by atoms with Gasteiger partial charge in [-0.1, -0.05) is 48.5 Å². The van der Waals surface area contributed by atoms with E-state index in [4.69, 9.17) is 5.26 Å². The average Bonchev–Trinajstić information content (AvgIpc) is 2.55. The summed E-state index contributed by atoms with van der Waals surface area (Å²) in [6.45, 7) is 0. The number of para-hydroxylation sites is 1. The van der Waals surface area contributed by atoms with Gasteiger partial charge in [-0.25, -0.2) is 0 Å². The summed E-state index contributed by atoms with van der Waals surface area (Å²) in [6.07, 6.45) is 0.695. The maximum atomic E-state index is 12.1. The first-order chi connectivity index (χ1) is 10.7. The van der Waals surface area contributed by atoms with Crippen molar-refractivity contribution in [1.29, 1.82) is 5.26 Å². The van der Waals surface area contributed by atoms with E-state index in [0.29, 0.717) is 12.1 Å². The Morgan fingerprint density at radius 3 is 2.18 bits per heavy atom. The molecule has 0 aliphatic heterocycles. The Morgan fingerprint density at radius 1 is 1.00 bits per heavy atom. The zero-order chi connectivity index (χ0) is 15.8. The molecule has 2 rings (SSSR count). The van der Waals surface area contributed by atoms with Crippen molar-refractivity contribution in [3.05, 3.63) is 66.2 Å². The van der Waals surface area contributed by atoms with Gasteiger partial charge in [0.2, 0.25) is 5.91 Å². The Bertz CT molecular complexity index is 675. The van der Waals surface area contributed by atoms with Gasteiger partial charge in [0.1, 0.15) is 0 Å². The molecule has 2 aromatic rings. The van der Waals surface area contributed by atoms with E-state index in [2.05, 4.69) is 5.32 Å². The molecule has 4 heteroatoms. The highest BCUT2D eigenvalue weighted by Gasteiger charge is 2.25. The summed E-state index contributed by atoms with van der Waals surface area (Å²) in [5, 5.41) is 11.7. The monoisotopic (exact) mass is 292 g/mol. The zero-order valence-corrected chi connectivity index (χ0v) is 12.0. The van der Waals surface area contributed by atoms with Gasteiger partial charge in [0.25, 0.3) is 0 Å². The van der Waals surface area contributed by atoms with Gasteiger partial charge in [0.15, 0.2) is 11.7 Å². The van der Waals surface area contributed by atoms with Crippen molar-refractivity contribution in [3.63, 3.8) is 0 Å². The van der Waals surface area contributed by atoms with E-state index in [1.807, 2.05) is 36.4 Å². The van der Waals surface area contributed by atoms with E-state index in [0.717, 1.165) is 5.56 Å². The molecule has 1 atom stereocenters. The molecule has 2 aromatic carbocycles. The van der Waals surface area contributed by atoms with Crippen LogP contribution in [0.1, 0.15) is 12.0 Å². The third-order valence-corrected chi connectivity index (χ3v) is 3.26. The van der Waals surface area contributed by atoms with Gasteiger partial charge >= 0.3 is 0 Å². The number of Topliss-reactive ketones (excluding diaryl/α,β-unsaturated/α-hetero) is 1. The van der Waals surface area contributed by atoms with Crippen molar-refractivity contribution in [2.45, 2.75) is 12.8 Å². The van der Waals surface area contributed by atoms with Crippen molar-refractivity contribution >= 4 is 17.4 Å². The summed E-state index contributed by atoms with van der Waals surface area (Å²) in [4.78, 5) is 24.1. The number of nitrogens with one attached hydrogen (secondary N) is 1. The molecule has 22 heavy (non-hydrogen) atoms. The second-order valence-corrected chi connectivity index (χ2v) is 4.87. The van der Waals surface area contributed by atoms with Gasteiger partial charge in [-0.2, -0.15) is 5.26 Å². The molecule has 0 aromatic heterocycles. The Labute approximate surface area is 129 Å². The number of hydrogen-bond acceptors (Lipinski definition) is 3. The van der Waals surface area contributed by atoms with Crippen LogP contribution in [0, 0.1) is 17.2 Å². The number of nitrogens with zero attached hydrogens (tertiary/aromatic N) is 1. The van der Waals surface area contributed by atoms with E-state index in [9.17, 15) is 9.59 Å². The first-order valence-corrected chi connectivity index (χ1v) is 7.03. The molecule has 0 aliphatic carbocycles. The number of carbonyl (C=O) groups excluding carboxylic acids is 2. The van der Waals surface area contributed by atoms with Crippen LogP contribution in [0.15, 0.2) is 60.7 Å². The Hall–Kier alpha value is -2.93. The van der Waals surface area contributed by atoms with E-state index in [-0.39, 0.29) is 12.2 Å². The first-order valence-electron chi connectivity index (χ1n) is 7.03. The largest absolute Gasteiger partial charge is 0.325 e. The molecular weight excluding hydrogens is 276 g/mol. The summed E-state index contributed by atoms with van der Waals surface area (Å²) < 4.78 is 0. The van der Waals surface area contributed by atoms with Crippen LogP contribution < -0.4 is 5.32 Å². The fraction of sp³-hybridized carbons (Fsp3) is 0.167. The molecular formula is C18H16N2O2. The van der Waals surface area contributed by atoms with Crippen molar-refractivity contribution in [2.75, 3.05) is 5.32 Å². The van der Waals surface area contributed by atoms with Crippen LogP contribution in [0.4, 0.5) is 5.69 Å². The molecule has 0 fully saturated rings. The minimum Gasteiger partial charge on any atom is -0.325 e. The normalized spacial score (nSPS) is 11.2. The van der Waals surface area contributed by atoms with Crippen molar-refractivity contribution in [2.24, 2.45) is 5.92 Å². The van der Waals surface area contributed by atoms with Crippen molar-refractivity contribution in [3.8, 4) is 6.07 Å². The summed E-state index contributed by atoms with van der Waals surface area (Å²) in [5.74, 6) is -2.21. The van der Waals surface area contributed by atoms with E-state index >= 15 is 0 Å². The number of aryl methyl sites for hydroxylation is 1. The lowest BCUT2D eigenvalue weighted by Crippen LogP contribution is -2.28. The van der Waals surface area contributed by atoms with Crippen molar-refractivity contribution in [1.82, 2.24) is 0 Å². The molecule has 0 saturated carbocycles. The molecule has 1 N–H and O–H groups in total. The molecule has 0 radical (unpaired) electrons. The fourth-order valence-electron chi connectivity index (χ4n) is 2.07. The van der Waals surface area contributed by atoms with E-state index in [1.165, 1.54) is 0 Å². The average molecular weight is 292 g/mol. The number of ketones is 1. The minimum absolute atomic E-state index is 0.171. The van der Waals surface area contributed by atoms with Crippen LogP contribution in [0.2, 0.25) is 0 Å². The standard InChI is InChI=1S/C18H16N2O2/c19-13-16(18(22)20-15-9-5-2-6-10-15)17(21)12-11-14-7-3-1-4-8-14/h1-10,16H,11-12H2,(H,20,22)/t16-/m0/s1. The van der Waals surface area contributed by atoms with Gasteiger partial charge in [0.05, 0.1) is 6.07 Å². The SMILES string of the molecule is N#C[C@@H](C(=O)CCc1ccccc1)C(=O)Nc1ccccc1. The number of nitriles is 1. The molecule has 4 nitrogen and oxygen atoms in total. The zero-order valence-electron chi connectivity index (χ0n) is 12.0. The lowest BCUT2D eigenvalue weighted by molar-refractivity contribution is -0.128. The number of hydrogen-bond donors (Lipinski definition) is 1. The second kappa shape index (κ2) is 7.75. The van der Waals surface area contributed by atoms with Gasteiger partial charge < -0.3 is 5.32 Å². The number of carbonyl (C=O) groups is 2. The van der Waals surface area contributed by atoms with Gasteiger partial charge in [-0.15, -0.1) is 0 Å². The molecule has 110 valence electrons. The molecule has 0 heterocycles. The second-order valence-electron chi connectivity index (χ2n) is 4.87. The highest BCUT2D eigenvalue weighted by molar-refractivity contribution is 6.09. The van der Waals surface area contributed by atoms with Crippen LogP contribution in [0.25, 0.3) is 0 Å². The fourth-order valence-corrected chi connectivity index (χ4v) is 2.07. The maximum Gasteiger partial charge on any atom is 0.249 e. The van der Waals surface area contributed by atoms with Crippen LogP contribution >= 0.6 is 0 Å². The minimum atomic E-state index is -1.27. The third kappa shape index (κ3) is 4.29. The van der Waals surface area contributed by atoms with Crippen LogP contribution in [0.3, 0.4) is 0 Å². The Balaban J connectivity index is 1.94. The number of anilines is 1. The lowest BCUT2D eigenvalue weighted by atomic mass is 9.98. The predicted octanol–water partition coefficient (Wildman–Crippen LogP) is 2.97. The summed E-state index contributed by atoms with van der Waals surface area (Å²) in [5.41, 5.74) is 1.58. The number of amides is 1. The highest BCUT2D eigenvalue weighted by Crippen LogP contribution is 2.11. The number of benzene rings is 2. The van der Waals surface area contributed by atoms with E-state index < -0.39 is 11.8 Å². The summed E-state index contributed by atoms with van der Waals surface area (Å²) in [6, 6.07) is 20.1. The smallest absolute Gasteiger partial charge is 0.249 e.